The third kappa shape index (κ3) is 4.06. The Bertz CT molecular complexity index is 1400. The molecular weight excluding hydrogens is 488 g/mol. The molecule has 180 valence electrons. The molecule has 0 bridgehead atoms. The van der Waals surface area contributed by atoms with Crippen LogP contribution in [0.1, 0.15) is 29.5 Å². The molecule has 0 fully saturated rings. The second kappa shape index (κ2) is 9.30. The Morgan fingerprint density at radius 3 is 2.36 bits per heavy atom. The van der Waals surface area contributed by atoms with E-state index in [0.29, 0.717) is 42.1 Å². The van der Waals surface area contributed by atoms with Gasteiger partial charge >= 0.3 is 0 Å². The van der Waals surface area contributed by atoms with Gasteiger partial charge in [-0.05, 0) is 65.9 Å². The van der Waals surface area contributed by atoms with Gasteiger partial charge in [-0.25, -0.2) is 0 Å². The second-order valence-electron chi connectivity index (χ2n) is 9.50. The molecule has 6 heteroatoms. The van der Waals surface area contributed by atoms with Crippen LogP contribution >= 0.6 is 23.4 Å². The highest BCUT2D eigenvalue weighted by atomic mass is 35.5. The Balaban J connectivity index is 1.42. The zero-order chi connectivity index (χ0) is 24.7. The number of carbonyl (C=O) groups excluding carboxylic acids is 2. The van der Waals surface area contributed by atoms with E-state index in [-0.39, 0.29) is 11.8 Å². The fraction of sp³-hybridized carbons (Fsp3) is 0.200. The SMILES string of the molecule is O=C1C2=C(C=CCC2)NC(=O)C2(Cc3ccccc3C2)N1Cc1ccccc1Sc1ccc(Cl)cc1. The summed E-state index contributed by atoms with van der Waals surface area (Å²) in [7, 11) is 0. The first-order chi connectivity index (χ1) is 17.5. The standard InChI is InChI=1S/C30H25ClN2O2S/c31-23-13-15-24(16-14-23)36-27-12-6-3-9-22(27)19-33-28(34)25-10-4-5-11-26(25)32-29(35)30(33)17-20-7-1-2-8-21(20)18-30/h1-3,5-9,11-16H,4,10,17-19H2,(H,32,35). The lowest BCUT2D eigenvalue weighted by atomic mass is 9.90. The molecule has 1 heterocycles. The van der Waals surface area contributed by atoms with Gasteiger partial charge < -0.3 is 10.2 Å². The number of rotatable bonds is 4. The summed E-state index contributed by atoms with van der Waals surface area (Å²) in [5, 5.41) is 3.82. The van der Waals surface area contributed by atoms with E-state index >= 15 is 0 Å². The molecule has 6 rings (SSSR count). The van der Waals surface area contributed by atoms with E-state index in [0.717, 1.165) is 32.9 Å². The first-order valence-electron chi connectivity index (χ1n) is 12.1. The molecule has 3 aromatic rings. The van der Waals surface area contributed by atoms with Crippen molar-refractivity contribution in [1.29, 1.82) is 0 Å². The molecule has 2 aliphatic carbocycles. The molecule has 2 amide bonds. The average molecular weight is 513 g/mol. The summed E-state index contributed by atoms with van der Waals surface area (Å²) >= 11 is 7.72. The second-order valence-corrected chi connectivity index (χ2v) is 11.0. The molecule has 3 aliphatic rings. The van der Waals surface area contributed by atoms with E-state index in [4.69, 9.17) is 11.6 Å². The van der Waals surface area contributed by atoms with Crippen LogP contribution in [0, 0.1) is 0 Å². The minimum absolute atomic E-state index is 0.0493. The minimum Gasteiger partial charge on any atom is -0.324 e. The molecule has 0 saturated carbocycles. The van der Waals surface area contributed by atoms with E-state index in [1.54, 1.807) is 11.8 Å². The van der Waals surface area contributed by atoms with Crippen molar-refractivity contribution in [3.05, 3.63) is 118 Å². The van der Waals surface area contributed by atoms with Gasteiger partial charge in [0.15, 0.2) is 0 Å². The van der Waals surface area contributed by atoms with E-state index in [1.807, 2.05) is 65.6 Å². The Morgan fingerprint density at radius 1 is 0.917 bits per heavy atom. The van der Waals surface area contributed by atoms with Crippen molar-refractivity contribution in [3.8, 4) is 0 Å². The molecule has 0 unspecified atom stereocenters. The lowest BCUT2D eigenvalue weighted by Gasteiger charge is -2.39. The molecule has 1 N–H and O–H groups in total. The zero-order valence-corrected chi connectivity index (χ0v) is 21.2. The molecule has 0 radical (unpaired) electrons. The number of hydrogen-bond acceptors (Lipinski definition) is 3. The molecule has 1 spiro atoms. The van der Waals surface area contributed by atoms with E-state index in [1.165, 1.54) is 0 Å². The number of carbonyl (C=O) groups is 2. The largest absolute Gasteiger partial charge is 0.324 e. The molecule has 0 saturated heterocycles. The van der Waals surface area contributed by atoms with Gasteiger partial charge in [-0.15, -0.1) is 0 Å². The fourth-order valence-corrected chi connectivity index (χ4v) is 6.49. The molecule has 4 nitrogen and oxygen atoms in total. The lowest BCUT2D eigenvalue weighted by molar-refractivity contribution is -0.144. The zero-order valence-electron chi connectivity index (χ0n) is 19.7. The highest BCUT2D eigenvalue weighted by Crippen LogP contribution is 2.41. The van der Waals surface area contributed by atoms with E-state index in [9.17, 15) is 9.59 Å². The van der Waals surface area contributed by atoms with Crippen LogP contribution in [-0.4, -0.2) is 22.3 Å². The van der Waals surface area contributed by atoms with Crippen LogP contribution in [0.2, 0.25) is 5.02 Å². The van der Waals surface area contributed by atoms with Gasteiger partial charge in [0.1, 0.15) is 5.54 Å². The van der Waals surface area contributed by atoms with Crippen LogP contribution in [0.5, 0.6) is 0 Å². The van der Waals surface area contributed by atoms with Gasteiger partial charge in [-0.2, -0.15) is 0 Å². The lowest BCUT2D eigenvalue weighted by Crippen LogP contribution is -2.59. The van der Waals surface area contributed by atoms with Crippen LogP contribution in [0.15, 0.2) is 106 Å². The van der Waals surface area contributed by atoms with Crippen molar-refractivity contribution in [2.75, 3.05) is 0 Å². The number of allylic oxidation sites excluding steroid dienone is 2. The number of benzene rings is 3. The van der Waals surface area contributed by atoms with Gasteiger partial charge in [0.05, 0.1) is 0 Å². The third-order valence-corrected chi connectivity index (χ3v) is 8.67. The van der Waals surface area contributed by atoms with Crippen LogP contribution in [0.4, 0.5) is 0 Å². The number of amides is 2. The average Bonchev–Trinajstić information content (AvgIpc) is 3.27. The molecule has 1 aliphatic heterocycles. The maximum absolute atomic E-state index is 14.2. The van der Waals surface area contributed by atoms with Gasteiger partial charge in [-0.1, -0.05) is 71.9 Å². The van der Waals surface area contributed by atoms with Gasteiger partial charge in [0.25, 0.3) is 11.8 Å². The van der Waals surface area contributed by atoms with Gasteiger partial charge in [0.2, 0.25) is 0 Å². The quantitative estimate of drug-likeness (QED) is 0.460. The normalized spacial score (nSPS) is 18.2. The summed E-state index contributed by atoms with van der Waals surface area (Å²) in [4.78, 5) is 32.1. The summed E-state index contributed by atoms with van der Waals surface area (Å²) in [5.41, 5.74) is 3.66. The Hall–Kier alpha value is -3.28. The molecular formula is C30H25ClN2O2S. The smallest absolute Gasteiger partial charge is 0.253 e. The number of halogens is 1. The summed E-state index contributed by atoms with van der Waals surface area (Å²) in [5.74, 6) is -0.154. The van der Waals surface area contributed by atoms with E-state index < -0.39 is 5.54 Å². The van der Waals surface area contributed by atoms with Crippen molar-refractivity contribution in [2.24, 2.45) is 0 Å². The molecule has 36 heavy (non-hydrogen) atoms. The molecule has 0 aromatic heterocycles. The highest BCUT2D eigenvalue weighted by Gasteiger charge is 2.52. The maximum Gasteiger partial charge on any atom is 0.253 e. The minimum atomic E-state index is -0.968. The number of nitrogens with zero attached hydrogens (tertiary/aromatic N) is 1. The highest BCUT2D eigenvalue weighted by molar-refractivity contribution is 7.99. The third-order valence-electron chi connectivity index (χ3n) is 7.29. The number of nitrogens with one attached hydrogen (secondary N) is 1. The number of hydrogen-bond donors (Lipinski definition) is 1. The number of fused-ring (bicyclic) bond motifs is 1. The van der Waals surface area contributed by atoms with Gasteiger partial charge in [0, 0.05) is 45.5 Å². The van der Waals surface area contributed by atoms with Crippen molar-refractivity contribution in [3.63, 3.8) is 0 Å². The molecule has 3 aromatic carbocycles. The first-order valence-corrected chi connectivity index (χ1v) is 13.3. The Morgan fingerprint density at radius 2 is 1.61 bits per heavy atom. The van der Waals surface area contributed by atoms with Crippen LogP contribution in [-0.2, 0) is 29.0 Å². The predicted molar refractivity (Wildman–Crippen MR) is 143 cm³/mol. The topological polar surface area (TPSA) is 49.4 Å². The summed E-state index contributed by atoms with van der Waals surface area (Å²) in [6, 6.07) is 24.0. The van der Waals surface area contributed by atoms with Crippen molar-refractivity contribution in [2.45, 2.75) is 47.6 Å². The summed E-state index contributed by atoms with van der Waals surface area (Å²) in [6.45, 7) is 0.359. The monoisotopic (exact) mass is 512 g/mol. The van der Waals surface area contributed by atoms with Crippen molar-refractivity contribution >= 4 is 35.2 Å². The Kier molecular flexibility index (Phi) is 5.98. The first kappa shape index (κ1) is 23.1. The maximum atomic E-state index is 14.2. The van der Waals surface area contributed by atoms with Crippen LogP contribution in [0.3, 0.4) is 0 Å². The van der Waals surface area contributed by atoms with Crippen LogP contribution in [0.25, 0.3) is 0 Å². The summed E-state index contributed by atoms with van der Waals surface area (Å²) < 4.78 is 0. The Labute approximate surface area is 220 Å². The summed E-state index contributed by atoms with van der Waals surface area (Å²) in [6.07, 6.45) is 6.36. The predicted octanol–water partition coefficient (Wildman–Crippen LogP) is 6.09. The molecule has 0 atom stereocenters. The van der Waals surface area contributed by atoms with Crippen molar-refractivity contribution in [1.82, 2.24) is 10.2 Å². The fourth-order valence-electron chi connectivity index (χ4n) is 5.43. The van der Waals surface area contributed by atoms with Crippen molar-refractivity contribution < 1.29 is 9.59 Å². The van der Waals surface area contributed by atoms with Crippen LogP contribution < -0.4 is 5.32 Å². The van der Waals surface area contributed by atoms with E-state index in [2.05, 4.69) is 29.6 Å². The van der Waals surface area contributed by atoms with Gasteiger partial charge in [-0.3, -0.25) is 9.59 Å².